The zero-order valence-corrected chi connectivity index (χ0v) is 10.7. The van der Waals surface area contributed by atoms with Crippen LogP contribution in [0.25, 0.3) is 0 Å². The summed E-state index contributed by atoms with van der Waals surface area (Å²) in [7, 11) is 0. The van der Waals surface area contributed by atoms with Gasteiger partial charge in [-0.25, -0.2) is 4.79 Å². The maximum atomic E-state index is 11.4. The van der Waals surface area contributed by atoms with Crippen molar-refractivity contribution in [2.45, 2.75) is 25.3 Å². The lowest BCUT2D eigenvalue weighted by Gasteiger charge is -2.33. The molecule has 1 heterocycles. The minimum atomic E-state index is -0.891. The number of benzene rings is 1. The van der Waals surface area contributed by atoms with E-state index in [1.165, 1.54) is 0 Å². The quantitative estimate of drug-likeness (QED) is 0.892. The maximum Gasteiger partial charge on any atom is 0.329 e. The second-order valence-corrected chi connectivity index (χ2v) is 5.02. The van der Waals surface area contributed by atoms with Crippen LogP contribution in [-0.2, 0) is 4.79 Å². The molecule has 1 atom stereocenters. The standard InChI is InChI=1S/C13H13ClN2O2/c1-13(12(17)18)5-2-6-16(13)10-4-3-9(8-15)11(14)7-10/h3-4,7H,2,5-6H2,1H3,(H,17,18). The largest absolute Gasteiger partial charge is 0.480 e. The van der Waals surface area contributed by atoms with E-state index in [1.54, 1.807) is 25.1 Å². The van der Waals surface area contributed by atoms with Gasteiger partial charge in [0.25, 0.3) is 0 Å². The number of hydrogen-bond acceptors (Lipinski definition) is 3. The van der Waals surface area contributed by atoms with E-state index in [0.717, 1.165) is 12.1 Å². The summed E-state index contributed by atoms with van der Waals surface area (Å²) in [5, 5.41) is 18.5. The molecular formula is C13H13ClN2O2. The molecule has 1 aromatic carbocycles. The predicted molar refractivity (Wildman–Crippen MR) is 68.8 cm³/mol. The van der Waals surface area contributed by atoms with Gasteiger partial charge >= 0.3 is 5.97 Å². The summed E-state index contributed by atoms with van der Waals surface area (Å²) in [6.45, 7) is 2.40. The Balaban J connectivity index is 2.40. The highest BCUT2D eigenvalue weighted by atomic mass is 35.5. The molecule has 0 amide bonds. The molecule has 1 aromatic rings. The molecule has 1 unspecified atom stereocenters. The number of rotatable bonds is 2. The van der Waals surface area contributed by atoms with Crippen molar-refractivity contribution in [2.75, 3.05) is 11.4 Å². The van der Waals surface area contributed by atoms with Gasteiger partial charge in [-0.1, -0.05) is 11.6 Å². The molecule has 0 aromatic heterocycles. The number of halogens is 1. The molecule has 0 spiro atoms. The average molecular weight is 265 g/mol. The van der Waals surface area contributed by atoms with Gasteiger partial charge in [0.15, 0.2) is 0 Å². The Kier molecular flexibility index (Phi) is 3.18. The third kappa shape index (κ3) is 1.91. The number of carbonyl (C=O) groups is 1. The molecule has 0 saturated carbocycles. The summed E-state index contributed by atoms with van der Waals surface area (Å²) in [4.78, 5) is 13.2. The Morgan fingerprint density at radius 1 is 1.61 bits per heavy atom. The van der Waals surface area contributed by atoms with Gasteiger partial charge in [-0.15, -0.1) is 0 Å². The van der Waals surface area contributed by atoms with Crippen molar-refractivity contribution >= 4 is 23.3 Å². The molecule has 5 heteroatoms. The van der Waals surface area contributed by atoms with Gasteiger partial charge in [-0.05, 0) is 38.0 Å². The first-order chi connectivity index (χ1) is 8.49. The predicted octanol–water partition coefficient (Wildman–Crippen LogP) is 2.66. The fourth-order valence-corrected chi connectivity index (χ4v) is 2.58. The summed E-state index contributed by atoms with van der Waals surface area (Å²) >= 11 is 5.98. The molecule has 0 radical (unpaired) electrons. The second-order valence-electron chi connectivity index (χ2n) is 4.61. The highest BCUT2D eigenvalue weighted by Crippen LogP contribution is 2.35. The summed E-state index contributed by atoms with van der Waals surface area (Å²) in [6.07, 6.45) is 1.44. The van der Waals surface area contributed by atoms with Gasteiger partial charge in [0.1, 0.15) is 11.6 Å². The van der Waals surface area contributed by atoms with E-state index in [2.05, 4.69) is 0 Å². The number of nitrogens with zero attached hydrogens (tertiary/aromatic N) is 2. The molecule has 2 rings (SSSR count). The zero-order valence-electron chi connectivity index (χ0n) is 9.98. The number of carboxylic acids is 1. The fourth-order valence-electron chi connectivity index (χ4n) is 2.36. The molecule has 1 N–H and O–H groups in total. The topological polar surface area (TPSA) is 64.3 Å². The minimum absolute atomic E-state index is 0.356. The van der Waals surface area contributed by atoms with Crippen LogP contribution in [0.5, 0.6) is 0 Å². The van der Waals surface area contributed by atoms with Gasteiger partial charge in [0.2, 0.25) is 0 Å². The SMILES string of the molecule is CC1(C(=O)O)CCCN1c1ccc(C#N)c(Cl)c1. The molecule has 18 heavy (non-hydrogen) atoms. The average Bonchev–Trinajstić information content (AvgIpc) is 2.72. The van der Waals surface area contributed by atoms with Crippen LogP contribution in [0.3, 0.4) is 0 Å². The summed E-state index contributed by atoms with van der Waals surface area (Å²) in [6, 6.07) is 7.02. The Hall–Kier alpha value is -1.73. The molecule has 1 saturated heterocycles. The third-order valence-electron chi connectivity index (χ3n) is 3.49. The molecule has 1 fully saturated rings. The lowest BCUT2D eigenvalue weighted by Crippen LogP contribution is -2.48. The number of carboxylic acid groups (broad SMARTS) is 1. The lowest BCUT2D eigenvalue weighted by molar-refractivity contribution is -0.142. The molecular weight excluding hydrogens is 252 g/mol. The monoisotopic (exact) mass is 264 g/mol. The van der Waals surface area contributed by atoms with Crippen molar-refractivity contribution in [1.29, 1.82) is 5.26 Å². The summed E-state index contributed by atoms with van der Waals surface area (Å²) < 4.78 is 0. The van der Waals surface area contributed by atoms with E-state index < -0.39 is 11.5 Å². The Morgan fingerprint density at radius 3 is 2.89 bits per heavy atom. The lowest BCUT2D eigenvalue weighted by atomic mass is 9.98. The summed E-state index contributed by atoms with van der Waals surface area (Å²) in [5.41, 5.74) is 0.260. The van der Waals surface area contributed by atoms with E-state index in [4.69, 9.17) is 16.9 Å². The first kappa shape index (κ1) is 12.7. The van der Waals surface area contributed by atoms with Gasteiger partial charge in [0.05, 0.1) is 10.6 Å². The molecule has 0 bridgehead atoms. The van der Waals surface area contributed by atoms with Gasteiger partial charge in [0, 0.05) is 12.2 Å². The molecule has 4 nitrogen and oxygen atoms in total. The van der Waals surface area contributed by atoms with Crippen LogP contribution in [0.1, 0.15) is 25.3 Å². The van der Waals surface area contributed by atoms with Gasteiger partial charge in [-0.2, -0.15) is 5.26 Å². The third-order valence-corrected chi connectivity index (χ3v) is 3.80. The highest BCUT2D eigenvalue weighted by Gasteiger charge is 2.43. The first-order valence-corrected chi connectivity index (χ1v) is 6.07. The first-order valence-electron chi connectivity index (χ1n) is 5.70. The number of anilines is 1. The van der Waals surface area contributed by atoms with E-state index in [9.17, 15) is 9.90 Å². The Morgan fingerprint density at radius 2 is 2.33 bits per heavy atom. The van der Waals surface area contributed by atoms with Gasteiger partial charge in [-0.3, -0.25) is 0 Å². The minimum Gasteiger partial charge on any atom is -0.480 e. The molecule has 94 valence electrons. The summed E-state index contributed by atoms with van der Waals surface area (Å²) in [5.74, 6) is -0.833. The van der Waals surface area contributed by atoms with Crippen LogP contribution < -0.4 is 4.90 Å². The molecule has 1 aliphatic heterocycles. The van der Waals surface area contributed by atoms with Gasteiger partial charge < -0.3 is 10.0 Å². The highest BCUT2D eigenvalue weighted by molar-refractivity contribution is 6.32. The normalized spacial score (nSPS) is 22.8. The van der Waals surface area contributed by atoms with Crippen molar-refractivity contribution < 1.29 is 9.90 Å². The molecule has 1 aliphatic rings. The van der Waals surface area contributed by atoms with E-state index in [1.807, 2.05) is 11.0 Å². The van der Waals surface area contributed by atoms with Crippen LogP contribution in [0.2, 0.25) is 5.02 Å². The maximum absolute atomic E-state index is 11.4. The second kappa shape index (κ2) is 4.51. The Bertz CT molecular complexity index is 538. The van der Waals surface area contributed by atoms with E-state index in [-0.39, 0.29) is 0 Å². The number of hydrogen-bond donors (Lipinski definition) is 1. The van der Waals surface area contributed by atoms with Crippen molar-refractivity contribution in [1.82, 2.24) is 0 Å². The van der Waals surface area contributed by atoms with E-state index >= 15 is 0 Å². The zero-order chi connectivity index (χ0) is 13.3. The number of nitriles is 1. The van der Waals surface area contributed by atoms with Crippen molar-refractivity contribution in [3.8, 4) is 6.07 Å². The van der Waals surface area contributed by atoms with Crippen LogP contribution in [0.15, 0.2) is 18.2 Å². The van der Waals surface area contributed by atoms with Crippen molar-refractivity contribution in [3.63, 3.8) is 0 Å². The van der Waals surface area contributed by atoms with Crippen LogP contribution in [0, 0.1) is 11.3 Å². The molecule has 0 aliphatic carbocycles. The van der Waals surface area contributed by atoms with E-state index in [0.29, 0.717) is 23.6 Å². The smallest absolute Gasteiger partial charge is 0.329 e. The van der Waals surface area contributed by atoms with Crippen LogP contribution in [0.4, 0.5) is 5.69 Å². The van der Waals surface area contributed by atoms with Crippen LogP contribution in [-0.4, -0.2) is 23.2 Å². The van der Waals surface area contributed by atoms with Crippen molar-refractivity contribution in [2.24, 2.45) is 0 Å². The Labute approximate surface area is 110 Å². The number of aliphatic carboxylic acids is 1. The van der Waals surface area contributed by atoms with Crippen LogP contribution >= 0.6 is 11.6 Å². The van der Waals surface area contributed by atoms with Crippen molar-refractivity contribution in [3.05, 3.63) is 28.8 Å². The fraction of sp³-hybridized carbons (Fsp3) is 0.385.